The predicted molar refractivity (Wildman–Crippen MR) is 60.3 cm³/mol. The van der Waals surface area contributed by atoms with E-state index in [2.05, 4.69) is 31.1 Å². The van der Waals surface area contributed by atoms with Crippen molar-refractivity contribution >= 4 is 5.91 Å². The lowest BCUT2D eigenvalue weighted by atomic mass is 10.1. The van der Waals surface area contributed by atoms with E-state index >= 15 is 0 Å². The Morgan fingerprint density at radius 1 is 1.60 bits per heavy atom. The van der Waals surface area contributed by atoms with E-state index in [9.17, 15) is 4.79 Å². The first-order chi connectivity index (χ1) is 7.09. The number of carbonyl (C=O) groups excluding carboxylic acids is 1. The minimum Gasteiger partial charge on any atom is -0.349 e. The number of pyridine rings is 1. The van der Waals surface area contributed by atoms with Crippen LogP contribution in [0.2, 0.25) is 0 Å². The largest absolute Gasteiger partial charge is 0.349 e. The quantitative estimate of drug-likeness (QED) is 0.817. The fraction of sp³-hybridized carbons (Fsp3) is 0.417. The van der Waals surface area contributed by atoms with Crippen molar-refractivity contribution in [2.45, 2.75) is 26.3 Å². The predicted octanol–water partition coefficient (Wildman–Crippen LogP) is 2.06. The van der Waals surface area contributed by atoms with Gasteiger partial charge in [0.25, 0.3) is 5.91 Å². The van der Waals surface area contributed by atoms with Gasteiger partial charge in [-0.15, -0.1) is 0 Å². The Labute approximate surface area is 90.9 Å². The van der Waals surface area contributed by atoms with Crippen LogP contribution in [0.1, 0.15) is 30.6 Å². The molecule has 81 valence electrons. The minimum absolute atomic E-state index is 0.0438. The number of hydrogen-bond donors (Lipinski definition) is 1. The zero-order chi connectivity index (χ0) is 11.3. The molecule has 0 bridgehead atoms. The van der Waals surface area contributed by atoms with Gasteiger partial charge in [-0.2, -0.15) is 0 Å². The van der Waals surface area contributed by atoms with Crippen molar-refractivity contribution in [1.82, 2.24) is 10.3 Å². The van der Waals surface area contributed by atoms with E-state index in [1.807, 2.05) is 0 Å². The maximum absolute atomic E-state index is 11.6. The van der Waals surface area contributed by atoms with Crippen molar-refractivity contribution in [2.75, 3.05) is 0 Å². The van der Waals surface area contributed by atoms with E-state index in [1.165, 1.54) is 0 Å². The summed E-state index contributed by atoms with van der Waals surface area (Å²) in [5.74, 6) is 0.422. The van der Waals surface area contributed by atoms with Crippen molar-refractivity contribution < 1.29 is 4.79 Å². The van der Waals surface area contributed by atoms with Gasteiger partial charge in [0.15, 0.2) is 0 Å². The second-order valence-electron chi connectivity index (χ2n) is 4.04. The summed E-state index contributed by atoms with van der Waals surface area (Å²) in [5, 5.41) is 2.84. The summed E-state index contributed by atoms with van der Waals surface area (Å²) in [6, 6.07) is 3.44. The Bertz CT molecular complexity index is 309. The highest BCUT2D eigenvalue weighted by atomic mass is 16.1. The lowest BCUT2D eigenvalue weighted by molar-refractivity contribution is 0.0940. The third-order valence-corrected chi connectivity index (χ3v) is 2.01. The van der Waals surface area contributed by atoms with Crippen LogP contribution in [-0.4, -0.2) is 16.9 Å². The van der Waals surface area contributed by atoms with Crippen molar-refractivity contribution in [3.8, 4) is 0 Å². The van der Waals surface area contributed by atoms with Crippen LogP contribution in [0.3, 0.4) is 0 Å². The number of aromatic nitrogens is 1. The summed E-state index contributed by atoms with van der Waals surface area (Å²) in [5.41, 5.74) is 0.579. The zero-order valence-electron chi connectivity index (χ0n) is 9.23. The normalized spacial score (nSPS) is 12.5. The van der Waals surface area contributed by atoms with Crippen molar-refractivity contribution in [2.24, 2.45) is 5.92 Å². The standard InChI is InChI=1S/C12H17N2O/c1-9(2)7-10(3)14-12(15)11-5-4-6-13-8-11/h4-6,8-10H,3,7H2,1-2H3,(H,14,15). The van der Waals surface area contributed by atoms with Crippen LogP contribution in [-0.2, 0) is 0 Å². The smallest absolute Gasteiger partial charge is 0.253 e. The molecule has 15 heavy (non-hydrogen) atoms. The van der Waals surface area contributed by atoms with Crippen LogP contribution < -0.4 is 5.32 Å². The van der Waals surface area contributed by atoms with Gasteiger partial charge in [-0.25, -0.2) is 0 Å². The van der Waals surface area contributed by atoms with E-state index in [-0.39, 0.29) is 11.9 Å². The second-order valence-corrected chi connectivity index (χ2v) is 4.04. The van der Waals surface area contributed by atoms with Crippen LogP contribution in [0, 0.1) is 12.8 Å². The zero-order valence-corrected chi connectivity index (χ0v) is 9.23. The van der Waals surface area contributed by atoms with Gasteiger partial charge in [-0.1, -0.05) is 13.8 Å². The summed E-state index contributed by atoms with van der Waals surface area (Å²) < 4.78 is 0. The molecule has 1 aromatic heterocycles. The molecule has 0 aromatic carbocycles. The molecule has 0 saturated heterocycles. The van der Waals surface area contributed by atoms with Crippen molar-refractivity contribution in [3.63, 3.8) is 0 Å². The molecule has 3 nitrogen and oxygen atoms in total. The monoisotopic (exact) mass is 205 g/mol. The molecule has 0 aliphatic rings. The highest BCUT2D eigenvalue weighted by molar-refractivity contribution is 5.94. The number of rotatable bonds is 4. The van der Waals surface area contributed by atoms with E-state index in [4.69, 9.17) is 0 Å². The molecule has 1 rings (SSSR count). The lowest BCUT2D eigenvalue weighted by Crippen LogP contribution is -2.33. The van der Waals surface area contributed by atoms with Gasteiger partial charge in [0.2, 0.25) is 0 Å². The average Bonchev–Trinajstić information content (AvgIpc) is 2.17. The van der Waals surface area contributed by atoms with Gasteiger partial charge < -0.3 is 5.32 Å². The molecule has 0 spiro atoms. The third kappa shape index (κ3) is 4.11. The van der Waals surface area contributed by atoms with Gasteiger partial charge in [0, 0.05) is 18.4 Å². The van der Waals surface area contributed by atoms with Crippen molar-refractivity contribution in [3.05, 3.63) is 37.0 Å². The molecule has 1 radical (unpaired) electrons. The lowest BCUT2D eigenvalue weighted by Gasteiger charge is -2.15. The maximum atomic E-state index is 11.6. The number of hydrogen-bond acceptors (Lipinski definition) is 2. The second kappa shape index (κ2) is 5.49. The van der Waals surface area contributed by atoms with Crippen molar-refractivity contribution in [1.29, 1.82) is 0 Å². The van der Waals surface area contributed by atoms with Crippen LogP contribution in [0.25, 0.3) is 0 Å². The Morgan fingerprint density at radius 3 is 2.87 bits per heavy atom. The summed E-state index contributed by atoms with van der Waals surface area (Å²) in [6.45, 7) is 8.10. The summed E-state index contributed by atoms with van der Waals surface area (Å²) in [4.78, 5) is 15.5. The Balaban J connectivity index is 2.49. The summed E-state index contributed by atoms with van der Waals surface area (Å²) in [7, 11) is 0. The molecular weight excluding hydrogens is 188 g/mol. The van der Waals surface area contributed by atoms with Crippen LogP contribution in [0.5, 0.6) is 0 Å². The summed E-state index contributed by atoms with van der Waals surface area (Å²) in [6.07, 6.45) is 4.08. The van der Waals surface area contributed by atoms with E-state index in [1.54, 1.807) is 24.5 Å². The third-order valence-electron chi connectivity index (χ3n) is 2.01. The summed E-state index contributed by atoms with van der Waals surface area (Å²) >= 11 is 0. The van der Waals surface area contributed by atoms with Gasteiger partial charge in [0.1, 0.15) is 0 Å². The molecule has 1 amide bonds. The van der Waals surface area contributed by atoms with E-state index in [0.717, 1.165) is 6.42 Å². The van der Waals surface area contributed by atoms with E-state index in [0.29, 0.717) is 11.5 Å². The number of amides is 1. The molecule has 1 unspecified atom stereocenters. The highest BCUT2D eigenvalue weighted by Gasteiger charge is 2.10. The topological polar surface area (TPSA) is 42.0 Å². The first-order valence-electron chi connectivity index (χ1n) is 5.13. The van der Waals surface area contributed by atoms with E-state index < -0.39 is 0 Å². The first kappa shape index (κ1) is 11.7. The minimum atomic E-state index is -0.108. The molecule has 0 saturated carbocycles. The van der Waals surface area contributed by atoms with Gasteiger partial charge in [0.05, 0.1) is 5.56 Å². The molecular formula is C12H17N2O. The molecule has 1 aromatic rings. The first-order valence-corrected chi connectivity index (χ1v) is 5.13. The fourth-order valence-corrected chi connectivity index (χ4v) is 1.39. The molecule has 0 fully saturated rings. The SMILES string of the molecule is [CH2]C(CC(C)C)NC(=O)c1cccnc1. The molecule has 1 N–H and O–H groups in total. The Kier molecular flexibility index (Phi) is 4.28. The average molecular weight is 205 g/mol. The van der Waals surface area contributed by atoms with Gasteiger partial charge in [-0.3, -0.25) is 9.78 Å². The van der Waals surface area contributed by atoms with Crippen LogP contribution >= 0.6 is 0 Å². The van der Waals surface area contributed by atoms with Crippen LogP contribution in [0.4, 0.5) is 0 Å². The number of nitrogens with zero attached hydrogens (tertiary/aromatic N) is 1. The number of nitrogens with one attached hydrogen (secondary N) is 1. The fourth-order valence-electron chi connectivity index (χ4n) is 1.39. The van der Waals surface area contributed by atoms with Gasteiger partial charge >= 0.3 is 0 Å². The molecule has 0 aliphatic carbocycles. The molecule has 1 atom stereocenters. The molecule has 1 heterocycles. The number of carbonyl (C=O) groups is 1. The van der Waals surface area contributed by atoms with Gasteiger partial charge in [-0.05, 0) is 31.4 Å². The Hall–Kier alpha value is -1.38. The molecule has 3 heteroatoms. The Morgan fingerprint density at radius 2 is 2.33 bits per heavy atom. The molecule has 0 aliphatic heterocycles. The highest BCUT2D eigenvalue weighted by Crippen LogP contribution is 2.04. The van der Waals surface area contributed by atoms with Crippen LogP contribution in [0.15, 0.2) is 24.5 Å². The maximum Gasteiger partial charge on any atom is 0.253 e.